The third kappa shape index (κ3) is 3.12. The van der Waals surface area contributed by atoms with Crippen molar-refractivity contribution in [2.24, 2.45) is 5.41 Å². The molecule has 1 amide bonds. The molecule has 1 atom stereocenters. The van der Waals surface area contributed by atoms with Crippen LogP contribution in [0.2, 0.25) is 0 Å². The van der Waals surface area contributed by atoms with Crippen LogP contribution in [0.4, 0.5) is 5.69 Å². The Morgan fingerprint density at radius 2 is 1.94 bits per heavy atom. The summed E-state index contributed by atoms with van der Waals surface area (Å²) in [5.41, 5.74) is 0.717. The maximum absolute atomic E-state index is 12.1. The minimum absolute atomic E-state index is 0.294. The molecule has 18 heavy (non-hydrogen) atoms. The number of rotatable bonds is 3. The lowest BCUT2D eigenvalue weighted by Gasteiger charge is -2.20. The monoisotopic (exact) mass is 372 g/mol. The zero-order chi connectivity index (χ0) is 13.9. The van der Waals surface area contributed by atoms with Gasteiger partial charge in [-0.1, -0.05) is 6.92 Å². The molecule has 0 fully saturated rings. The molecule has 0 heterocycles. The van der Waals surface area contributed by atoms with Gasteiger partial charge in [-0.3, -0.25) is 4.79 Å². The number of amides is 1. The smallest absolute Gasteiger partial charge is 0.244 e. The molecule has 1 unspecified atom stereocenters. The maximum Gasteiger partial charge on any atom is 0.244 e. The Kier molecular flexibility index (Phi) is 4.94. The highest BCUT2D eigenvalue weighted by atomic mass is 79.9. The van der Waals surface area contributed by atoms with E-state index in [1.807, 2.05) is 26.0 Å². The highest BCUT2D eigenvalue weighted by Gasteiger charge is 2.31. The van der Waals surface area contributed by atoms with Gasteiger partial charge in [-0.25, -0.2) is 0 Å². The minimum Gasteiger partial charge on any atom is -0.323 e. The number of nitrogens with zero attached hydrogens (tertiary/aromatic N) is 1. The van der Waals surface area contributed by atoms with Crippen molar-refractivity contribution in [2.45, 2.75) is 27.2 Å². The molecule has 5 heteroatoms. The predicted octanol–water partition coefficient (Wildman–Crippen LogP) is 4.40. The second-order valence-electron chi connectivity index (χ2n) is 4.36. The molecule has 1 aromatic rings. The van der Waals surface area contributed by atoms with Crippen molar-refractivity contribution in [1.29, 1.82) is 5.26 Å². The van der Waals surface area contributed by atoms with E-state index in [4.69, 9.17) is 5.26 Å². The molecule has 0 aliphatic heterocycles. The van der Waals surface area contributed by atoms with Crippen molar-refractivity contribution in [3.05, 3.63) is 26.6 Å². The Morgan fingerprint density at radius 1 is 1.44 bits per heavy atom. The van der Waals surface area contributed by atoms with Crippen molar-refractivity contribution >= 4 is 43.5 Å². The molecule has 96 valence electrons. The minimum atomic E-state index is -1.01. The molecule has 0 aromatic heterocycles. The number of hydrogen-bond acceptors (Lipinski definition) is 2. The van der Waals surface area contributed by atoms with Crippen LogP contribution in [0.15, 0.2) is 21.1 Å². The highest BCUT2D eigenvalue weighted by molar-refractivity contribution is 9.11. The summed E-state index contributed by atoms with van der Waals surface area (Å²) in [6.45, 7) is 5.42. The summed E-state index contributed by atoms with van der Waals surface area (Å²) >= 11 is 6.82. The van der Waals surface area contributed by atoms with Gasteiger partial charge in [-0.2, -0.15) is 5.26 Å². The van der Waals surface area contributed by atoms with Crippen molar-refractivity contribution in [1.82, 2.24) is 0 Å². The first kappa shape index (κ1) is 15.2. The van der Waals surface area contributed by atoms with Gasteiger partial charge in [0.1, 0.15) is 5.41 Å². The molecule has 1 aromatic carbocycles. The second kappa shape index (κ2) is 5.85. The Morgan fingerprint density at radius 3 is 2.33 bits per heavy atom. The molecule has 0 aliphatic carbocycles. The first-order valence-electron chi connectivity index (χ1n) is 5.52. The molecule has 0 bridgehead atoms. The van der Waals surface area contributed by atoms with Gasteiger partial charge in [-0.05, 0) is 69.8 Å². The van der Waals surface area contributed by atoms with Crippen LogP contribution in [-0.2, 0) is 4.79 Å². The van der Waals surface area contributed by atoms with Crippen molar-refractivity contribution in [3.8, 4) is 6.07 Å². The summed E-state index contributed by atoms with van der Waals surface area (Å²) in [5, 5.41) is 11.9. The molecule has 3 nitrogen and oxygen atoms in total. The van der Waals surface area contributed by atoms with E-state index in [0.717, 1.165) is 14.5 Å². The summed E-state index contributed by atoms with van der Waals surface area (Å²) in [6.07, 6.45) is 0.469. The third-order valence-electron chi connectivity index (χ3n) is 2.88. The van der Waals surface area contributed by atoms with E-state index < -0.39 is 5.41 Å². The molecule has 0 spiro atoms. The first-order valence-corrected chi connectivity index (χ1v) is 7.11. The van der Waals surface area contributed by atoms with Crippen LogP contribution in [0.1, 0.15) is 25.8 Å². The average Bonchev–Trinajstić information content (AvgIpc) is 2.32. The van der Waals surface area contributed by atoms with Crippen molar-refractivity contribution in [3.63, 3.8) is 0 Å². The van der Waals surface area contributed by atoms with Gasteiger partial charge in [-0.15, -0.1) is 0 Å². The van der Waals surface area contributed by atoms with Crippen molar-refractivity contribution in [2.75, 3.05) is 5.32 Å². The van der Waals surface area contributed by atoms with Crippen LogP contribution >= 0.6 is 31.9 Å². The fourth-order valence-electron chi connectivity index (χ4n) is 1.36. The summed E-state index contributed by atoms with van der Waals surface area (Å²) < 4.78 is 1.58. The third-order valence-corrected chi connectivity index (χ3v) is 4.13. The maximum atomic E-state index is 12.1. The lowest BCUT2D eigenvalue weighted by molar-refractivity contribution is -0.122. The van der Waals surface area contributed by atoms with Crippen LogP contribution in [0.25, 0.3) is 0 Å². The fraction of sp³-hybridized carbons (Fsp3) is 0.385. The van der Waals surface area contributed by atoms with Crippen LogP contribution in [-0.4, -0.2) is 5.91 Å². The lowest BCUT2D eigenvalue weighted by atomic mass is 9.88. The summed E-state index contributed by atoms with van der Waals surface area (Å²) in [4.78, 5) is 12.1. The summed E-state index contributed by atoms with van der Waals surface area (Å²) in [5.74, 6) is -0.294. The van der Waals surface area contributed by atoms with Gasteiger partial charge in [0.15, 0.2) is 0 Å². The molecule has 0 saturated heterocycles. The van der Waals surface area contributed by atoms with Crippen molar-refractivity contribution < 1.29 is 4.79 Å². The molecule has 1 N–H and O–H groups in total. The Balaban J connectivity index is 3.07. The zero-order valence-electron chi connectivity index (χ0n) is 10.5. The molecule has 1 rings (SSSR count). The molecule has 0 saturated carbocycles. The number of anilines is 1. The largest absolute Gasteiger partial charge is 0.323 e. The quantitative estimate of drug-likeness (QED) is 0.853. The number of nitrogens with one attached hydrogen (secondary N) is 1. The van der Waals surface area contributed by atoms with Crippen LogP contribution in [0.5, 0.6) is 0 Å². The van der Waals surface area contributed by atoms with E-state index in [0.29, 0.717) is 12.1 Å². The molecule has 0 radical (unpaired) electrons. The van der Waals surface area contributed by atoms with Gasteiger partial charge in [0.05, 0.1) is 11.8 Å². The number of nitriles is 1. The van der Waals surface area contributed by atoms with Crippen LogP contribution in [0.3, 0.4) is 0 Å². The Hall–Kier alpha value is -0.860. The molecular formula is C13H14Br2N2O. The number of hydrogen-bond donors (Lipinski definition) is 1. The normalized spacial score (nSPS) is 13.6. The van der Waals surface area contributed by atoms with E-state index >= 15 is 0 Å². The summed E-state index contributed by atoms with van der Waals surface area (Å²) in [6, 6.07) is 5.88. The average molecular weight is 374 g/mol. The van der Waals surface area contributed by atoms with Crippen LogP contribution in [0, 0.1) is 23.7 Å². The fourth-order valence-corrected chi connectivity index (χ4v) is 2.97. The highest BCUT2D eigenvalue weighted by Crippen LogP contribution is 2.34. The van der Waals surface area contributed by atoms with Gasteiger partial charge in [0.25, 0.3) is 0 Å². The topological polar surface area (TPSA) is 52.9 Å². The molecule has 0 aliphatic rings. The standard InChI is InChI=1S/C13H14Br2N2O/c1-4-13(3,7-16)12(18)17-11-9(14)5-8(2)6-10(11)15/h5-6H,4H2,1-3H3,(H,17,18). The van der Waals surface area contributed by atoms with E-state index in [2.05, 4.69) is 43.2 Å². The first-order chi connectivity index (χ1) is 8.34. The van der Waals surface area contributed by atoms with Gasteiger partial charge >= 0.3 is 0 Å². The molecular weight excluding hydrogens is 360 g/mol. The Labute approximate surface area is 124 Å². The number of aryl methyl sites for hydroxylation is 1. The Bertz CT molecular complexity index is 499. The van der Waals surface area contributed by atoms with Crippen LogP contribution < -0.4 is 5.32 Å². The van der Waals surface area contributed by atoms with E-state index in [9.17, 15) is 4.79 Å². The SMILES string of the molecule is CCC(C)(C#N)C(=O)Nc1c(Br)cc(C)cc1Br. The second-order valence-corrected chi connectivity index (χ2v) is 6.06. The number of carbonyl (C=O) groups excluding carboxylic acids is 1. The van der Waals surface area contributed by atoms with E-state index in [-0.39, 0.29) is 5.91 Å². The van der Waals surface area contributed by atoms with Gasteiger partial charge < -0.3 is 5.32 Å². The predicted molar refractivity (Wildman–Crippen MR) is 79.2 cm³/mol. The van der Waals surface area contributed by atoms with Gasteiger partial charge in [0, 0.05) is 8.95 Å². The van der Waals surface area contributed by atoms with Gasteiger partial charge in [0.2, 0.25) is 5.91 Å². The number of halogens is 2. The van der Waals surface area contributed by atoms with E-state index in [1.165, 1.54) is 0 Å². The number of benzene rings is 1. The zero-order valence-corrected chi connectivity index (χ0v) is 13.6. The summed E-state index contributed by atoms with van der Waals surface area (Å²) in [7, 11) is 0. The van der Waals surface area contributed by atoms with E-state index in [1.54, 1.807) is 6.92 Å². The number of carbonyl (C=O) groups is 1. The lowest BCUT2D eigenvalue weighted by Crippen LogP contribution is -2.31.